The lowest BCUT2D eigenvalue weighted by atomic mass is 10.2. The van der Waals surface area contributed by atoms with Crippen molar-refractivity contribution in [3.05, 3.63) is 60.3 Å². The molecule has 6 heteroatoms. The van der Waals surface area contributed by atoms with Crippen molar-refractivity contribution in [2.24, 2.45) is 0 Å². The van der Waals surface area contributed by atoms with E-state index in [0.717, 1.165) is 17.3 Å². The average molecular weight is 363 g/mol. The number of rotatable bonds is 5. The van der Waals surface area contributed by atoms with Gasteiger partial charge in [-0.05, 0) is 25.1 Å². The van der Waals surface area contributed by atoms with E-state index < -0.39 is 0 Å². The third-order valence-corrected chi connectivity index (χ3v) is 4.57. The minimum Gasteiger partial charge on any atom is -0.478 e. The molecule has 2 aromatic heterocycles. The lowest BCUT2D eigenvalue weighted by Gasteiger charge is -2.17. The van der Waals surface area contributed by atoms with Crippen molar-refractivity contribution in [1.29, 1.82) is 0 Å². The van der Waals surface area contributed by atoms with Crippen LogP contribution in [-0.2, 0) is 0 Å². The monoisotopic (exact) mass is 363 g/mol. The molecule has 0 bridgehead atoms. The third kappa shape index (κ3) is 3.84. The Morgan fingerprint density at radius 2 is 2.00 bits per heavy atom. The highest BCUT2D eigenvalue weighted by atomic mass is 16.5. The van der Waals surface area contributed by atoms with Crippen LogP contribution < -0.4 is 9.47 Å². The van der Waals surface area contributed by atoms with Gasteiger partial charge in [-0.25, -0.2) is 9.97 Å². The van der Waals surface area contributed by atoms with Crippen LogP contribution in [0.4, 0.5) is 0 Å². The number of hydrogen-bond acceptors (Lipinski definition) is 5. The van der Waals surface area contributed by atoms with Crippen LogP contribution >= 0.6 is 0 Å². The maximum absolute atomic E-state index is 12.7. The van der Waals surface area contributed by atoms with Crippen molar-refractivity contribution in [2.45, 2.75) is 19.4 Å². The lowest BCUT2D eigenvalue weighted by molar-refractivity contribution is 0.0770. The number of likely N-dealkylation sites (tertiary alicyclic amines) is 1. The van der Waals surface area contributed by atoms with Crippen LogP contribution in [0.25, 0.3) is 10.9 Å². The number of aromatic nitrogens is 2. The van der Waals surface area contributed by atoms with Crippen LogP contribution in [0, 0.1) is 0 Å². The van der Waals surface area contributed by atoms with E-state index in [1.165, 1.54) is 0 Å². The van der Waals surface area contributed by atoms with Gasteiger partial charge >= 0.3 is 0 Å². The van der Waals surface area contributed by atoms with Gasteiger partial charge in [0.25, 0.3) is 5.91 Å². The van der Waals surface area contributed by atoms with Crippen molar-refractivity contribution in [1.82, 2.24) is 14.9 Å². The normalized spacial score (nSPS) is 16.5. The van der Waals surface area contributed by atoms with Crippen LogP contribution in [0.1, 0.15) is 23.7 Å². The largest absolute Gasteiger partial charge is 0.478 e. The minimum atomic E-state index is -0.0572. The topological polar surface area (TPSA) is 64.5 Å². The summed E-state index contributed by atoms with van der Waals surface area (Å²) in [6.07, 6.45) is 2.29. The highest BCUT2D eigenvalue weighted by Gasteiger charge is 2.28. The number of pyridine rings is 2. The van der Waals surface area contributed by atoms with Crippen LogP contribution in [0.5, 0.6) is 11.8 Å². The highest BCUT2D eigenvalue weighted by Crippen LogP contribution is 2.21. The molecule has 3 aromatic rings. The molecule has 1 amide bonds. The molecule has 1 aliphatic rings. The van der Waals surface area contributed by atoms with Crippen molar-refractivity contribution in [3.63, 3.8) is 0 Å². The first kappa shape index (κ1) is 17.3. The average Bonchev–Trinajstić information content (AvgIpc) is 3.17. The van der Waals surface area contributed by atoms with Gasteiger partial charge in [-0.15, -0.1) is 0 Å². The second kappa shape index (κ2) is 7.61. The summed E-state index contributed by atoms with van der Waals surface area (Å²) in [6, 6.07) is 15.3. The van der Waals surface area contributed by atoms with E-state index in [1.807, 2.05) is 43.3 Å². The Morgan fingerprint density at radius 1 is 1.15 bits per heavy atom. The molecule has 138 valence electrons. The van der Waals surface area contributed by atoms with E-state index in [2.05, 4.69) is 9.97 Å². The van der Waals surface area contributed by atoms with Crippen molar-refractivity contribution >= 4 is 16.8 Å². The number of hydrogen-bond donors (Lipinski definition) is 0. The Labute approximate surface area is 157 Å². The summed E-state index contributed by atoms with van der Waals surface area (Å²) in [5, 5.41) is 1.08. The smallest absolute Gasteiger partial charge is 0.255 e. The molecule has 0 saturated carbocycles. The molecular formula is C21H21N3O3. The van der Waals surface area contributed by atoms with Gasteiger partial charge in [0, 0.05) is 36.7 Å². The molecule has 0 radical (unpaired) electrons. The van der Waals surface area contributed by atoms with Crippen LogP contribution in [-0.4, -0.2) is 46.6 Å². The van der Waals surface area contributed by atoms with Crippen molar-refractivity contribution < 1.29 is 14.3 Å². The van der Waals surface area contributed by atoms with E-state index in [9.17, 15) is 4.79 Å². The first-order valence-electron chi connectivity index (χ1n) is 9.13. The van der Waals surface area contributed by atoms with Gasteiger partial charge in [0.1, 0.15) is 6.10 Å². The van der Waals surface area contributed by atoms with E-state index in [1.54, 1.807) is 23.2 Å². The number of carbonyl (C=O) groups excluding carboxylic acids is 1. The fraction of sp³-hybridized carbons (Fsp3) is 0.286. The number of carbonyl (C=O) groups is 1. The van der Waals surface area contributed by atoms with Gasteiger partial charge < -0.3 is 14.4 Å². The van der Waals surface area contributed by atoms with E-state index in [0.29, 0.717) is 37.0 Å². The standard InChI is InChI=1S/C21H21N3O3/c1-2-26-19-9-8-16(13-22-19)21(25)24-12-11-17(14-24)27-20-10-7-15-5-3-4-6-18(15)23-20/h3-10,13,17H,2,11-12,14H2,1H3. The maximum atomic E-state index is 12.7. The molecule has 1 aromatic carbocycles. The molecule has 1 aliphatic heterocycles. The Kier molecular flexibility index (Phi) is 4.87. The minimum absolute atomic E-state index is 0.0388. The first-order valence-corrected chi connectivity index (χ1v) is 9.13. The summed E-state index contributed by atoms with van der Waals surface area (Å²) >= 11 is 0. The van der Waals surface area contributed by atoms with E-state index in [4.69, 9.17) is 9.47 Å². The predicted octanol–water partition coefficient (Wildman–Crippen LogP) is 3.32. The SMILES string of the molecule is CCOc1ccc(C(=O)N2CCC(Oc3ccc4ccccc4n3)C2)cn1. The molecule has 0 N–H and O–H groups in total. The number of ether oxygens (including phenoxy) is 2. The summed E-state index contributed by atoms with van der Waals surface area (Å²) in [6.45, 7) is 3.65. The summed E-state index contributed by atoms with van der Waals surface area (Å²) < 4.78 is 11.3. The number of benzene rings is 1. The zero-order valence-electron chi connectivity index (χ0n) is 15.2. The van der Waals surface area contributed by atoms with E-state index >= 15 is 0 Å². The third-order valence-electron chi connectivity index (χ3n) is 4.57. The fourth-order valence-electron chi connectivity index (χ4n) is 3.22. The molecule has 0 spiro atoms. The summed E-state index contributed by atoms with van der Waals surface area (Å²) in [7, 11) is 0. The summed E-state index contributed by atoms with van der Waals surface area (Å²) in [5.41, 5.74) is 1.46. The summed E-state index contributed by atoms with van der Waals surface area (Å²) in [4.78, 5) is 23.2. The van der Waals surface area contributed by atoms with Gasteiger partial charge in [-0.1, -0.05) is 18.2 Å². The molecule has 4 rings (SSSR count). The van der Waals surface area contributed by atoms with Gasteiger partial charge in [0.15, 0.2) is 0 Å². The quantitative estimate of drug-likeness (QED) is 0.696. The molecule has 3 heterocycles. The highest BCUT2D eigenvalue weighted by molar-refractivity contribution is 5.94. The summed E-state index contributed by atoms with van der Waals surface area (Å²) in [5.74, 6) is 1.08. The van der Waals surface area contributed by atoms with Crippen LogP contribution in [0.3, 0.4) is 0 Å². The lowest BCUT2D eigenvalue weighted by Crippen LogP contribution is -2.31. The Bertz CT molecular complexity index is 943. The Hall–Kier alpha value is -3.15. The van der Waals surface area contributed by atoms with Crippen molar-refractivity contribution in [2.75, 3.05) is 19.7 Å². The number of nitrogens with zero attached hydrogens (tertiary/aromatic N) is 3. The van der Waals surface area contributed by atoms with Gasteiger partial charge in [0.05, 0.1) is 24.2 Å². The second-order valence-electron chi connectivity index (χ2n) is 6.44. The fourth-order valence-corrected chi connectivity index (χ4v) is 3.22. The first-order chi connectivity index (χ1) is 13.2. The van der Waals surface area contributed by atoms with Gasteiger partial charge in [-0.2, -0.15) is 0 Å². The van der Waals surface area contributed by atoms with Crippen LogP contribution in [0.2, 0.25) is 0 Å². The van der Waals surface area contributed by atoms with Gasteiger partial charge in [-0.3, -0.25) is 4.79 Å². The van der Waals surface area contributed by atoms with Gasteiger partial charge in [0.2, 0.25) is 11.8 Å². The Morgan fingerprint density at radius 3 is 2.81 bits per heavy atom. The zero-order chi connectivity index (χ0) is 18.6. The number of fused-ring (bicyclic) bond motifs is 1. The molecule has 6 nitrogen and oxygen atoms in total. The zero-order valence-corrected chi connectivity index (χ0v) is 15.2. The predicted molar refractivity (Wildman–Crippen MR) is 102 cm³/mol. The molecule has 1 saturated heterocycles. The molecular weight excluding hydrogens is 342 g/mol. The molecule has 1 fully saturated rings. The maximum Gasteiger partial charge on any atom is 0.255 e. The number of para-hydroxylation sites is 1. The second-order valence-corrected chi connectivity index (χ2v) is 6.44. The molecule has 27 heavy (non-hydrogen) atoms. The number of amides is 1. The molecule has 0 aliphatic carbocycles. The van der Waals surface area contributed by atoms with Crippen molar-refractivity contribution in [3.8, 4) is 11.8 Å². The van der Waals surface area contributed by atoms with Crippen LogP contribution in [0.15, 0.2) is 54.7 Å². The van der Waals surface area contributed by atoms with E-state index in [-0.39, 0.29) is 12.0 Å². The Balaban J connectivity index is 1.39. The molecule has 1 atom stereocenters. The molecule has 1 unspecified atom stereocenters.